The number of hydrogen-bond donors (Lipinski definition) is 6. The summed E-state index contributed by atoms with van der Waals surface area (Å²) in [6.45, 7) is 0.422. The van der Waals surface area contributed by atoms with Gasteiger partial charge in [0.05, 0.1) is 0 Å². The van der Waals surface area contributed by atoms with Gasteiger partial charge < -0.3 is 11.1 Å². The Balaban J connectivity index is 0.00000256. The number of rotatable bonds is 2. The lowest BCUT2D eigenvalue weighted by Gasteiger charge is -2.11. The highest BCUT2D eigenvalue weighted by Gasteiger charge is 1.99. The smallest absolute Gasteiger partial charge is 0.207 e. The summed E-state index contributed by atoms with van der Waals surface area (Å²) in [5.41, 5.74) is 10.6. The molecule has 0 spiro atoms. The van der Waals surface area contributed by atoms with Crippen molar-refractivity contribution in [3.8, 4) is 0 Å². The number of guanidine groups is 2. The van der Waals surface area contributed by atoms with Crippen LogP contribution in [-0.4, -0.2) is 11.9 Å². The number of benzene rings is 1. The van der Waals surface area contributed by atoms with Crippen molar-refractivity contribution >= 4 is 35.9 Å². The van der Waals surface area contributed by atoms with E-state index in [0.29, 0.717) is 11.6 Å². The van der Waals surface area contributed by atoms with Crippen LogP contribution in [0, 0.1) is 10.8 Å². The fourth-order valence-corrected chi connectivity index (χ4v) is 1.20. The highest BCUT2D eigenvalue weighted by Crippen LogP contribution is 2.13. The van der Waals surface area contributed by atoms with Crippen LogP contribution in [0.1, 0.15) is 5.56 Å². The van der Waals surface area contributed by atoms with E-state index in [1.165, 1.54) is 0 Å². The predicted octanol–water partition coefficient (Wildman–Crippen LogP) is 0.774. The van der Waals surface area contributed by atoms with Crippen LogP contribution in [0.2, 0.25) is 5.02 Å². The van der Waals surface area contributed by atoms with Crippen LogP contribution in [-0.2, 0) is 6.54 Å². The summed E-state index contributed by atoms with van der Waals surface area (Å²) in [6.07, 6.45) is 0. The molecule has 1 aromatic rings. The molecule has 0 saturated heterocycles. The van der Waals surface area contributed by atoms with E-state index in [0.717, 1.165) is 5.56 Å². The molecule has 94 valence electrons. The predicted molar refractivity (Wildman–Crippen MR) is 71.5 cm³/mol. The first-order valence-corrected chi connectivity index (χ1v) is 4.89. The molecular formula is C9H14Cl2N6. The van der Waals surface area contributed by atoms with E-state index in [-0.39, 0.29) is 24.3 Å². The van der Waals surface area contributed by atoms with Crippen molar-refractivity contribution in [3.05, 3.63) is 34.9 Å². The van der Waals surface area contributed by atoms with E-state index in [9.17, 15) is 0 Å². The second-order valence-electron chi connectivity index (χ2n) is 2.98. The zero-order chi connectivity index (χ0) is 12.0. The van der Waals surface area contributed by atoms with Gasteiger partial charge in [0.25, 0.3) is 0 Å². The van der Waals surface area contributed by atoms with Gasteiger partial charge in [-0.2, -0.15) is 0 Å². The molecule has 8 heteroatoms. The van der Waals surface area contributed by atoms with Gasteiger partial charge in [0.1, 0.15) is 0 Å². The highest BCUT2D eigenvalue weighted by atomic mass is 35.5. The Morgan fingerprint density at radius 1 is 1.24 bits per heavy atom. The van der Waals surface area contributed by atoms with Gasteiger partial charge in [-0.3, -0.25) is 21.7 Å². The fraction of sp³-hybridized carbons (Fsp3) is 0.111. The number of hydrogen-bond acceptors (Lipinski definition) is 2. The monoisotopic (exact) mass is 276 g/mol. The number of nitrogens with two attached hydrogens (primary N) is 1. The molecule has 17 heavy (non-hydrogen) atoms. The van der Waals surface area contributed by atoms with Crippen molar-refractivity contribution in [2.75, 3.05) is 0 Å². The summed E-state index contributed by atoms with van der Waals surface area (Å²) in [4.78, 5) is 0. The molecule has 0 aliphatic carbocycles. The molecule has 0 aliphatic heterocycles. The second kappa shape index (κ2) is 7.59. The Hall–Kier alpha value is -1.66. The van der Waals surface area contributed by atoms with Gasteiger partial charge in [-0.15, -0.1) is 12.4 Å². The third kappa shape index (κ3) is 5.84. The van der Waals surface area contributed by atoms with Gasteiger partial charge in [-0.1, -0.05) is 29.8 Å². The van der Waals surface area contributed by atoms with Crippen LogP contribution in [0.4, 0.5) is 0 Å². The van der Waals surface area contributed by atoms with Gasteiger partial charge >= 0.3 is 0 Å². The Morgan fingerprint density at radius 2 is 1.88 bits per heavy atom. The molecule has 0 saturated carbocycles. The van der Waals surface area contributed by atoms with Crippen molar-refractivity contribution in [2.24, 2.45) is 5.73 Å². The van der Waals surface area contributed by atoms with E-state index in [4.69, 9.17) is 28.2 Å². The first kappa shape index (κ1) is 15.3. The average molecular weight is 277 g/mol. The molecule has 7 N–H and O–H groups in total. The normalized spacial score (nSPS) is 8.76. The summed E-state index contributed by atoms with van der Waals surface area (Å²) in [7, 11) is 0. The lowest BCUT2D eigenvalue weighted by molar-refractivity contribution is 0.769. The van der Waals surface area contributed by atoms with Crippen molar-refractivity contribution in [3.63, 3.8) is 0 Å². The minimum absolute atomic E-state index is 0. The van der Waals surface area contributed by atoms with Gasteiger partial charge in [0.15, 0.2) is 0 Å². The van der Waals surface area contributed by atoms with Crippen LogP contribution < -0.4 is 21.9 Å². The van der Waals surface area contributed by atoms with Crippen molar-refractivity contribution in [1.29, 1.82) is 10.8 Å². The first-order chi connectivity index (χ1) is 7.59. The molecule has 0 unspecified atom stereocenters. The van der Waals surface area contributed by atoms with Crippen molar-refractivity contribution in [1.82, 2.24) is 16.2 Å². The van der Waals surface area contributed by atoms with Gasteiger partial charge in [-0.25, -0.2) is 0 Å². The SMILES string of the molecule is Cl.N=C(N)NNC(=N)NCc1ccccc1Cl. The van der Waals surface area contributed by atoms with Gasteiger partial charge in [0, 0.05) is 11.6 Å². The Labute approximate surface area is 110 Å². The van der Waals surface area contributed by atoms with E-state index >= 15 is 0 Å². The molecule has 0 atom stereocenters. The number of hydrazine groups is 1. The summed E-state index contributed by atoms with van der Waals surface area (Å²) < 4.78 is 0. The van der Waals surface area contributed by atoms with E-state index in [1.54, 1.807) is 6.07 Å². The maximum atomic E-state index is 7.42. The van der Waals surface area contributed by atoms with Crippen LogP contribution in [0.3, 0.4) is 0 Å². The van der Waals surface area contributed by atoms with E-state index in [2.05, 4.69) is 16.2 Å². The molecule has 1 rings (SSSR count). The van der Waals surface area contributed by atoms with Crippen LogP contribution in [0.5, 0.6) is 0 Å². The Bertz CT molecular complexity index is 395. The largest absolute Gasteiger partial charge is 0.369 e. The summed E-state index contributed by atoms with van der Waals surface area (Å²) in [5, 5.41) is 17.7. The fourth-order valence-electron chi connectivity index (χ4n) is 0.999. The average Bonchev–Trinajstić information content (AvgIpc) is 2.25. The maximum Gasteiger partial charge on any atom is 0.207 e. The molecule has 0 amide bonds. The molecule has 0 heterocycles. The van der Waals surface area contributed by atoms with Crippen molar-refractivity contribution in [2.45, 2.75) is 6.54 Å². The molecule has 0 radical (unpaired) electrons. The van der Waals surface area contributed by atoms with Crippen LogP contribution >= 0.6 is 24.0 Å². The third-order valence-corrected chi connectivity index (χ3v) is 2.10. The highest BCUT2D eigenvalue weighted by molar-refractivity contribution is 6.31. The molecule has 1 aromatic carbocycles. The number of halogens is 2. The van der Waals surface area contributed by atoms with E-state index < -0.39 is 0 Å². The minimum Gasteiger partial charge on any atom is -0.369 e. The van der Waals surface area contributed by atoms with Gasteiger partial charge in [0.2, 0.25) is 11.9 Å². The molecule has 0 aromatic heterocycles. The standard InChI is InChI=1S/C9H13ClN6.ClH/c10-7-4-2-1-3-6(7)5-14-9(13)16-15-8(11)12;/h1-4H,5H2,(H4,11,12,15)(H3,13,14,16);1H. The second-order valence-corrected chi connectivity index (χ2v) is 3.39. The summed E-state index contributed by atoms with van der Waals surface area (Å²) in [5.74, 6) is -0.251. The molecular weight excluding hydrogens is 263 g/mol. The lowest BCUT2D eigenvalue weighted by atomic mass is 10.2. The van der Waals surface area contributed by atoms with Crippen molar-refractivity contribution < 1.29 is 0 Å². The van der Waals surface area contributed by atoms with E-state index in [1.807, 2.05) is 18.2 Å². The van der Waals surface area contributed by atoms with Gasteiger partial charge in [-0.05, 0) is 11.6 Å². The lowest BCUT2D eigenvalue weighted by Crippen LogP contribution is -2.49. The molecule has 0 fully saturated rings. The molecule has 0 bridgehead atoms. The molecule has 0 aliphatic rings. The number of nitrogens with one attached hydrogen (secondary N) is 5. The van der Waals surface area contributed by atoms with Crippen LogP contribution in [0.25, 0.3) is 0 Å². The summed E-state index contributed by atoms with van der Waals surface area (Å²) >= 11 is 5.93. The quantitative estimate of drug-likeness (QED) is 0.272. The topological polar surface area (TPSA) is 110 Å². The summed E-state index contributed by atoms with van der Waals surface area (Å²) in [6, 6.07) is 7.35. The third-order valence-electron chi connectivity index (χ3n) is 1.74. The first-order valence-electron chi connectivity index (χ1n) is 4.51. The zero-order valence-electron chi connectivity index (χ0n) is 8.88. The van der Waals surface area contributed by atoms with Crippen LogP contribution in [0.15, 0.2) is 24.3 Å². The zero-order valence-corrected chi connectivity index (χ0v) is 10.5. The Morgan fingerprint density at radius 3 is 2.47 bits per heavy atom. The maximum absolute atomic E-state index is 7.42. The molecule has 6 nitrogen and oxygen atoms in total. The minimum atomic E-state index is -0.260. The Kier molecular flexibility index (Phi) is 6.85.